The van der Waals surface area contributed by atoms with Crippen LogP contribution in [0.2, 0.25) is 0 Å². The number of imidazole rings is 1. The Morgan fingerprint density at radius 2 is 2.07 bits per heavy atom. The van der Waals surface area contributed by atoms with Crippen LogP contribution in [0.3, 0.4) is 0 Å². The second kappa shape index (κ2) is 6.27. The highest BCUT2D eigenvalue weighted by Gasteiger charge is 2.30. The fourth-order valence-electron chi connectivity index (χ4n) is 2.60. The number of amides is 1. The number of carboxylic acids is 1. The molecule has 12 heteroatoms. The Balaban J connectivity index is 1.43. The lowest BCUT2D eigenvalue weighted by molar-refractivity contribution is -0.117. The number of carbonyl (C=O) groups excluding carboxylic acids is 1. The van der Waals surface area contributed by atoms with Crippen molar-refractivity contribution in [3.63, 3.8) is 0 Å². The summed E-state index contributed by atoms with van der Waals surface area (Å²) in [5.74, 6) is -0.266. The van der Waals surface area contributed by atoms with E-state index in [4.69, 9.17) is 5.11 Å². The Bertz CT molecular complexity index is 1250. The van der Waals surface area contributed by atoms with E-state index in [1.54, 1.807) is 22.8 Å². The van der Waals surface area contributed by atoms with Gasteiger partial charge in [-0.25, -0.2) is 19.3 Å². The van der Waals surface area contributed by atoms with Gasteiger partial charge in [-0.3, -0.25) is 9.20 Å². The van der Waals surface area contributed by atoms with Gasteiger partial charge in [0.2, 0.25) is 11.1 Å². The van der Waals surface area contributed by atoms with Gasteiger partial charge in [-0.05, 0) is 36.7 Å². The third kappa shape index (κ3) is 3.03. The Morgan fingerprint density at radius 1 is 1.21 bits per heavy atom. The summed E-state index contributed by atoms with van der Waals surface area (Å²) >= 11 is 1.21. The molecule has 0 unspecified atom stereocenters. The monoisotopic (exact) mass is 396 g/mol. The average Bonchev–Trinajstić information content (AvgIpc) is 3.35. The first-order chi connectivity index (χ1) is 13.6. The predicted octanol–water partition coefficient (Wildman–Crippen LogP) is 1.36. The minimum Gasteiger partial charge on any atom is -0.478 e. The molecule has 0 spiro atoms. The van der Waals surface area contributed by atoms with Crippen molar-refractivity contribution in [2.75, 3.05) is 5.32 Å². The van der Waals surface area contributed by atoms with Gasteiger partial charge in [0.05, 0.1) is 11.8 Å². The first-order valence-corrected chi connectivity index (χ1v) is 9.18. The zero-order valence-electron chi connectivity index (χ0n) is 14.2. The Hall–Kier alpha value is -3.54. The zero-order valence-corrected chi connectivity index (χ0v) is 15.0. The molecule has 0 bridgehead atoms. The molecule has 28 heavy (non-hydrogen) atoms. The van der Waals surface area contributed by atoms with Crippen molar-refractivity contribution >= 4 is 40.9 Å². The van der Waals surface area contributed by atoms with E-state index in [0.29, 0.717) is 27.4 Å². The number of hydrogen-bond donors (Lipinski definition) is 2. The number of nitrogens with one attached hydrogen (secondary N) is 1. The fraction of sp³-hybridized carbons (Fsp3) is 0.188. The van der Waals surface area contributed by atoms with Crippen LogP contribution in [0.25, 0.3) is 11.4 Å². The van der Waals surface area contributed by atoms with Crippen molar-refractivity contribution < 1.29 is 14.7 Å². The topological polar surface area (TPSA) is 140 Å². The number of aromatic nitrogens is 7. The van der Waals surface area contributed by atoms with Crippen LogP contribution in [0.15, 0.2) is 40.9 Å². The highest BCUT2D eigenvalue weighted by Crippen LogP contribution is 2.30. The summed E-state index contributed by atoms with van der Waals surface area (Å²) in [6, 6.07) is 3.53. The molecule has 0 saturated heterocycles. The van der Waals surface area contributed by atoms with Crippen molar-refractivity contribution in [2.24, 2.45) is 5.92 Å². The second-order valence-electron chi connectivity index (χ2n) is 6.27. The number of carboxylic acid groups (broad SMARTS) is 1. The number of fused-ring (bicyclic) bond motifs is 2. The maximum Gasteiger partial charge on any atom is 0.338 e. The standard InChI is InChI=1S/C16H12N8O3S/c25-13(8-1-2-8)19-10-7-24-11(18-10)3-4-12(22-24)28-16-21-20-15-17-5-9(14(26)27)6-23(15)16/h3-8H,1-2H2,(H,19,25)(H,26,27). The maximum atomic E-state index is 11.9. The average molecular weight is 396 g/mol. The maximum absolute atomic E-state index is 11.9. The third-order valence-corrected chi connectivity index (χ3v) is 5.06. The van der Waals surface area contributed by atoms with Gasteiger partial charge < -0.3 is 10.4 Å². The molecule has 0 radical (unpaired) electrons. The van der Waals surface area contributed by atoms with Crippen molar-refractivity contribution in [3.05, 3.63) is 36.3 Å². The third-order valence-electron chi connectivity index (χ3n) is 4.17. The first kappa shape index (κ1) is 16.6. The highest BCUT2D eigenvalue weighted by atomic mass is 32.2. The predicted molar refractivity (Wildman–Crippen MR) is 96.2 cm³/mol. The van der Waals surface area contributed by atoms with Crippen LogP contribution < -0.4 is 5.32 Å². The summed E-state index contributed by atoms with van der Waals surface area (Å²) in [5.41, 5.74) is 0.625. The van der Waals surface area contributed by atoms with Crippen LogP contribution in [-0.4, -0.2) is 51.2 Å². The zero-order chi connectivity index (χ0) is 19.3. The van der Waals surface area contributed by atoms with Gasteiger partial charge in [0.25, 0.3) is 5.78 Å². The molecule has 1 amide bonds. The van der Waals surface area contributed by atoms with Crippen LogP contribution in [-0.2, 0) is 4.79 Å². The molecule has 2 N–H and O–H groups in total. The summed E-state index contributed by atoms with van der Waals surface area (Å²) < 4.78 is 3.06. The lowest BCUT2D eigenvalue weighted by Gasteiger charge is -2.01. The van der Waals surface area contributed by atoms with Gasteiger partial charge in [-0.1, -0.05) is 0 Å². The molecular weight excluding hydrogens is 384 g/mol. The van der Waals surface area contributed by atoms with Gasteiger partial charge in [0.15, 0.2) is 11.5 Å². The molecule has 0 atom stereocenters. The van der Waals surface area contributed by atoms with Crippen LogP contribution >= 0.6 is 11.8 Å². The van der Waals surface area contributed by atoms with Crippen molar-refractivity contribution in [1.29, 1.82) is 0 Å². The smallest absolute Gasteiger partial charge is 0.338 e. The number of aromatic carboxylic acids is 1. The van der Waals surface area contributed by atoms with Crippen LogP contribution in [0, 0.1) is 5.92 Å². The normalized spacial score (nSPS) is 13.9. The quantitative estimate of drug-likeness (QED) is 0.512. The summed E-state index contributed by atoms with van der Waals surface area (Å²) in [6.07, 6.45) is 6.12. The van der Waals surface area contributed by atoms with Crippen LogP contribution in [0.1, 0.15) is 23.2 Å². The van der Waals surface area contributed by atoms with Gasteiger partial charge >= 0.3 is 5.97 Å². The number of carbonyl (C=O) groups is 2. The lowest BCUT2D eigenvalue weighted by atomic mass is 10.3. The highest BCUT2D eigenvalue weighted by molar-refractivity contribution is 7.99. The molecule has 1 aliphatic rings. The van der Waals surface area contributed by atoms with E-state index in [0.717, 1.165) is 12.8 Å². The first-order valence-electron chi connectivity index (χ1n) is 8.36. The molecule has 1 fully saturated rings. The summed E-state index contributed by atoms with van der Waals surface area (Å²) in [4.78, 5) is 31.4. The number of anilines is 1. The van der Waals surface area contributed by atoms with Gasteiger partial charge in [-0.2, -0.15) is 5.10 Å². The minimum atomic E-state index is -1.09. The largest absolute Gasteiger partial charge is 0.478 e. The molecule has 1 aliphatic carbocycles. The molecule has 4 aromatic heterocycles. The SMILES string of the molecule is O=C(O)c1cnc2nnc(Sc3ccc4nc(NC(=O)C5CC5)cn4n3)n2c1. The van der Waals surface area contributed by atoms with E-state index in [-0.39, 0.29) is 17.4 Å². The van der Waals surface area contributed by atoms with Crippen molar-refractivity contribution in [1.82, 2.24) is 34.2 Å². The second-order valence-corrected chi connectivity index (χ2v) is 7.25. The van der Waals surface area contributed by atoms with Crippen molar-refractivity contribution in [3.8, 4) is 0 Å². The Kier molecular flexibility index (Phi) is 3.72. The summed E-state index contributed by atoms with van der Waals surface area (Å²) in [5, 5.41) is 25.4. The Morgan fingerprint density at radius 3 is 2.86 bits per heavy atom. The minimum absolute atomic E-state index is 0.0188. The van der Waals surface area contributed by atoms with Gasteiger partial charge in [-0.15, -0.1) is 10.2 Å². The molecular formula is C16H12N8O3S. The molecule has 11 nitrogen and oxygen atoms in total. The number of rotatable bonds is 5. The fourth-order valence-corrected chi connectivity index (χ4v) is 3.36. The molecule has 1 saturated carbocycles. The van der Waals surface area contributed by atoms with Gasteiger partial charge in [0, 0.05) is 18.3 Å². The van der Waals surface area contributed by atoms with Crippen LogP contribution in [0.4, 0.5) is 5.82 Å². The number of nitrogens with zero attached hydrogens (tertiary/aromatic N) is 7. The van der Waals surface area contributed by atoms with Crippen LogP contribution in [0.5, 0.6) is 0 Å². The lowest BCUT2D eigenvalue weighted by Crippen LogP contribution is -2.13. The summed E-state index contributed by atoms with van der Waals surface area (Å²) in [6.45, 7) is 0. The van der Waals surface area contributed by atoms with Gasteiger partial charge in [0.1, 0.15) is 5.03 Å². The molecule has 4 heterocycles. The molecule has 4 aromatic rings. The molecule has 5 rings (SSSR count). The summed E-state index contributed by atoms with van der Waals surface area (Å²) in [7, 11) is 0. The molecule has 140 valence electrons. The van der Waals surface area contributed by atoms with E-state index < -0.39 is 5.97 Å². The van der Waals surface area contributed by atoms with E-state index in [9.17, 15) is 9.59 Å². The van der Waals surface area contributed by atoms with E-state index in [1.165, 1.54) is 28.6 Å². The number of hydrogen-bond acceptors (Lipinski definition) is 8. The Labute approximate surface area is 160 Å². The molecule has 0 aliphatic heterocycles. The van der Waals surface area contributed by atoms with E-state index >= 15 is 0 Å². The molecule has 0 aromatic carbocycles. The van der Waals surface area contributed by atoms with Crippen molar-refractivity contribution in [2.45, 2.75) is 23.0 Å². The van der Waals surface area contributed by atoms with E-state index in [1.807, 2.05) is 0 Å². The van der Waals surface area contributed by atoms with E-state index in [2.05, 4.69) is 30.6 Å².